The summed E-state index contributed by atoms with van der Waals surface area (Å²) in [5.74, 6) is 2.23. The van der Waals surface area contributed by atoms with Crippen LogP contribution in [0.5, 0.6) is 0 Å². The van der Waals surface area contributed by atoms with Gasteiger partial charge in [0.25, 0.3) is 0 Å². The summed E-state index contributed by atoms with van der Waals surface area (Å²) in [5.41, 5.74) is 0. The molecule has 0 spiro atoms. The molecule has 0 saturated heterocycles. The van der Waals surface area contributed by atoms with E-state index in [0.29, 0.717) is 0 Å². The lowest BCUT2D eigenvalue weighted by atomic mass is 10.4. The first kappa shape index (κ1) is 30.7. The summed E-state index contributed by atoms with van der Waals surface area (Å²) in [6, 6.07) is 0. The Bertz CT molecular complexity index is 518. The molecule has 2 atom stereocenters. The normalized spacial score (nSPS) is 14.2. The molecule has 188 valence electrons. The van der Waals surface area contributed by atoms with Gasteiger partial charge in [-0.25, -0.2) is 0 Å². The Morgan fingerprint density at radius 2 is 1.34 bits per heavy atom. The van der Waals surface area contributed by atoms with E-state index in [1.807, 2.05) is 0 Å². The summed E-state index contributed by atoms with van der Waals surface area (Å²) in [7, 11) is 0. The highest BCUT2D eigenvalue weighted by atomic mass is 19.3. The Kier molecular flexibility index (Phi) is 17.4. The van der Waals surface area contributed by atoms with Crippen LogP contribution in [0, 0.1) is 12.3 Å². The number of terminal acetylenes is 1. The molecule has 0 rings (SSSR count). The van der Waals surface area contributed by atoms with Gasteiger partial charge in [-0.05, 0) is 0 Å². The summed E-state index contributed by atoms with van der Waals surface area (Å²) in [5, 5.41) is 18.9. The van der Waals surface area contributed by atoms with E-state index in [9.17, 15) is 27.8 Å². The van der Waals surface area contributed by atoms with Crippen molar-refractivity contribution in [2.75, 3.05) is 72.9 Å². The molecule has 0 aliphatic rings. The number of aliphatic hydroxyl groups excluding tert-OH is 2. The maximum absolute atomic E-state index is 13.5. The molecule has 0 fully saturated rings. The standard InChI is InChI=1S/C19H30F4O9/c1-3-5-26-9-16(24)11-28-7-8-29-15-31-14-19(22,23)32-18(20,21)13-30-12-17(25)10-27-6-4-2/h1,4,16-17,24-25H,2,5-15H2. The molecule has 2 N–H and O–H groups in total. The van der Waals surface area contributed by atoms with Crippen LogP contribution in [0.25, 0.3) is 0 Å². The number of rotatable bonds is 22. The fourth-order valence-electron chi connectivity index (χ4n) is 1.84. The van der Waals surface area contributed by atoms with E-state index in [1.54, 1.807) is 0 Å². The monoisotopic (exact) mass is 478 g/mol. The third-order valence-electron chi connectivity index (χ3n) is 3.04. The number of ether oxygens (including phenoxy) is 7. The van der Waals surface area contributed by atoms with E-state index in [4.69, 9.17) is 25.4 Å². The van der Waals surface area contributed by atoms with Gasteiger partial charge in [0.2, 0.25) is 0 Å². The smallest absolute Gasteiger partial charge is 0.383 e. The summed E-state index contributed by atoms with van der Waals surface area (Å²) in [6.07, 6.45) is -4.37. The topological polar surface area (TPSA) is 105 Å². The minimum atomic E-state index is -4.33. The van der Waals surface area contributed by atoms with E-state index in [0.717, 1.165) is 0 Å². The molecular formula is C19H30F4O9. The number of halogens is 4. The number of alkyl halides is 4. The predicted molar refractivity (Wildman–Crippen MR) is 102 cm³/mol. The molecule has 9 nitrogen and oxygen atoms in total. The van der Waals surface area contributed by atoms with E-state index in [-0.39, 0.29) is 46.2 Å². The number of hydrogen-bond donors (Lipinski definition) is 2. The van der Waals surface area contributed by atoms with Gasteiger partial charge in [-0.3, -0.25) is 4.74 Å². The fourth-order valence-corrected chi connectivity index (χ4v) is 1.84. The van der Waals surface area contributed by atoms with Crippen molar-refractivity contribution in [1.82, 2.24) is 0 Å². The summed E-state index contributed by atoms with van der Waals surface area (Å²) >= 11 is 0. The highest BCUT2D eigenvalue weighted by Crippen LogP contribution is 2.27. The Hall–Kier alpha value is -1.34. The van der Waals surface area contributed by atoms with Crippen LogP contribution in [-0.4, -0.2) is 107 Å². The van der Waals surface area contributed by atoms with Crippen LogP contribution in [-0.2, 0) is 33.2 Å². The van der Waals surface area contributed by atoms with Gasteiger partial charge in [0.15, 0.2) is 0 Å². The van der Waals surface area contributed by atoms with Crippen LogP contribution in [0.3, 0.4) is 0 Å². The van der Waals surface area contributed by atoms with Crippen molar-refractivity contribution in [1.29, 1.82) is 0 Å². The number of hydrogen-bond acceptors (Lipinski definition) is 9. The first-order valence-electron chi connectivity index (χ1n) is 9.44. The van der Waals surface area contributed by atoms with Crippen molar-refractivity contribution in [3.8, 4) is 12.3 Å². The zero-order chi connectivity index (χ0) is 24.3. The van der Waals surface area contributed by atoms with Gasteiger partial charge in [0.05, 0.1) is 46.2 Å². The van der Waals surface area contributed by atoms with Gasteiger partial charge in [0, 0.05) is 0 Å². The second-order valence-corrected chi connectivity index (χ2v) is 6.19. The van der Waals surface area contributed by atoms with E-state index in [2.05, 4.69) is 26.7 Å². The van der Waals surface area contributed by atoms with Gasteiger partial charge in [-0.15, -0.1) is 13.0 Å². The molecule has 0 aromatic heterocycles. The summed E-state index contributed by atoms with van der Waals surface area (Å²) in [6.45, 7) is -0.929. The highest BCUT2D eigenvalue weighted by molar-refractivity contribution is 4.82. The molecule has 2 unspecified atom stereocenters. The first-order chi connectivity index (χ1) is 15.1. The van der Waals surface area contributed by atoms with Gasteiger partial charge < -0.3 is 38.6 Å². The van der Waals surface area contributed by atoms with Crippen LogP contribution in [0.15, 0.2) is 12.7 Å². The molecule has 0 heterocycles. The largest absolute Gasteiger partial charge is 0.388 e. The van der Waals surface area contributed by atoms with Crippen LogP contribution in [0.2, 0.25) is 0 Å². The first-order valence-corrected chi connectivity index (χ1v) is 9.44. The van der Waals surface area contributed by atoms with Gasteiger partial charge in [-0.2, -0.15) is 17.6 Å². The third-order valence-corrected chi connectivity index (χ3v) is 3.04. The minimum Gasteiger partial charge on any atom is -0.388 e. The second kappa shape index (κ2) is 18.1. The van der Waals surface area contributed by atoms with Crippen molar-refractivity contribution in [3.05, 3.63) is 12.7 Å². The molecule has 13 heteroatoms. The Labute approximate surface area is 184 Å². The summed E-state index contributed by atoms with van der Waals surface area (Å²) < 4.78 is 85.9. The van der Waals surface area contributed by atoms with Crippen LogP contribution < -0.4 is 0 Å². The lowest BCUT2D eigenvalue weighted by Crippen LogP contribution is -2.40. The lowest BCUT2D eigenvalue weighted by Gasteiger charge is -2.24. The maximum Gasteiger partial charge on any atom is 0.383 e. The Balaban J connectivity index is 3.83. The molecule has 0 aromatic carbocycles. The maximum atomic E-state index is 13.5. The van der Waals surface area contributed by atoms with E-state index in [1.165, 1.54) is 6.08 Å². The SMILES string of the molecule is C#CCOCC(O)COCCOCOCC(F)(F)OC(F)(F)COCC(O)COCC=C. The predicted octanol–water partition coefficient (Wildman–Crippen LogP) is 0.787. The molecular weight excluding hydrogens is 448 g/mol. The van der Waals surface area contributed by atoms with Crippen molar-refractivity contribution in [3.63, 3.8) is 0 Å². The Morgan fingerprint density at radius 1 is 0.812 bits per heavy atom. The summed E-state index contributed by atoms with van der Waals surface area (Å²) in [4.78, 5) is 0. The van der Waals surface area contributed by atoms with Gasteiger partial charge >= 0.3 is 12.2 Å². The lowest BCUT2D eigenvalue weighted by molar-refractivity contribution is -0.396. The van der Waals surface area contributed by atoms with Crippen LogP contribution in [0.1, 0.15) is 0 Å². The molecule has 0 amide bonds. The second-order valence-electron chi connectivity index (χ2n) is 6.19. The average molecular weight is 478 g/mol. The zero-order valence-corrected chi connectivity index (χ0v) is 17.6. The highest BCUT2D eigenvalue weighted by Gasteiger charge is 2.44. The van der Waals surface area contributed by atoms with E-state index < -0.39 is 51.0 Å². The molecule has 32 heavy (non-hydrogen) atoms. The molecule has 0 aliphatic carbocycles. The van der Waals surface area contributed by atoms with Crippen molar-refractivity contribution in [2.24, 2.45) is 0 Å². The fraction of sp³-hybridized carbons (Fsp3) is 0.789. The van der Waals surface area contributed by atoms with Gasteiger partial charge in [-0.1, -0.05) is 12.0 Å². The van der Waals surface area contributed by atoms with Crippen molar-refractivity contribution in [2.45, 2.75) is 24.4 Å². The number of aliphatic hydroxyl groups is 2. The van der Waals surface area contributed by atoms with Crippen LogP contribution in [0.4, 0.5) is 17.6 Å². The molecule has 0 saturated carbocycles. The van der Waals surface area contributed by atoms with Gasteiger partial charge in [0.1, 0.15) is 38.8 Å². The molecule has 0 aliphatic heterocycles. The minimum absolute atomic E-state index is 0.0103. The molecule has 0 bridgehead atoms. The third kappa shape index (κ3) is 19.4. The van der Waals surface area contributed by atoms with E-state index >= 15 is 0 Å². The molecule has 0 aromatic rings. The Morgan fingerprint density at radius 3 is 1.97 bits per heavy atom. The van der Waals surface area contributed by atoms with Crippen molar-refractivity contribution >= 4 is 0 Å². The van der Waals surface area contributed by atoms with Crippen LogP contribution >= 0.6 is 0 Å². The zero-order valence-electron chi connectivity index (χ0n) is 17.6. The molecule has 0 radical (unpaired) electrons. The average Bonchev–Trinajstić information content (AvgIpc) is 2.69. The quantitative estimate of drug-likeness (QED) is 0.0768. The van der Waals surface area contributed by atoms with Crippen molar-refractivity contribution < 1.29 is 60.9 Å².